The smallest absolute Gasteiger partial charge is 0.346 e. The molecule has 5 aliphatic rings. The van der Waals surface area contributed by atoms with Crippen LogP contribution in [0.4, 0.5) is 0 Å². The molecule has 0 radical (unpaired) electrons. The summed E-state index contributed by atoms with van der Waals surface area (Å²) in [5.41, 5.74) is 0.154. The van der Waals surface area contributed by atoms with Crippen LogP contribution in [0.5, 0.6) is 0 Å². The van der Waals surface area contributed by atoms with Crippen LogP contribution >= 0.6 is 0 Å². The Morgan fingerprint density at radius 2 is 1.75 bits per heavy atom. The van der Waals surface area contributed by atoms with Gasteiger partial charge in [0.1, 0.15) is 17.9 Å². The van der Waals surface area contributed by atoms with Crippen molar-refractivity contribution in [1.82, 2.24) is 0 Å². The second-order valence-corrected chi connectivity index (χ2v) is 18.7. The summed E-state index contributed by atoms with van der Waals surface area (Å²) in [5.74, 6) is -2.81. The summed E-state index contributed by atoms with van der Waals surface area (Å²) in [6, 6.07) is 0. The van der Waals surface area contributed by atoms with Crippen molar-refractivity contribution in [1.29, 1.82) is 0 Å². The van der Waals surface area contributed by atoms with Crippen LogP contribution in [0.3, 0.4) is 0 Å². The zero-order valence-electron chi connectivity index (χ0n) is 36.3. The number of fused-ring (bicyclic) bond motifs is 4. The van der Waals surface area contributed by atoms with E-state index in [2.05, 4.69) is 78.8 Å². The maximum absolute atomic E-state index is 15.5. The predicted molar refractivity (Wildman–Crippen MR) is 221 cm³/mol. The molecular formula is C47H73NO8. The quantitative estimate of drug-likeness (QED) is 0.0730. The van der Waals surface area contributed by atoms with Gasteiger partial charge in [0.15, 0.2) is 5.60 Å². The van der Waals surface area contributed by atoms with Gasteiger partial charge in [-0.2, -0.15) is 0 Å². The van der Waals surface area contributed by atoms with E-state index >= 15 is 4.79 Å². The van der Waals surface area contributed by atoms with Gasteiger partial charge >= 0.3 is 5.97 Å². The van der Waals surface area contributed by atoms with Gasteiger partial charge in [-0.1, -0.05) is 108 Å². The second-order valence-electron chi connectivity index (χ2n) is 18.7. The fourth-order valence-corrected chi connectivity index (χ4v) is 12.2. The van der Waals surface area contributed by atoms with Gasteiger partial charge in [-0.15, -0.1) is 0 Å². The number of oxime groups is 1. The minimum absolute atomic E-state index is 0.00442. The van der Waals surface area contributed by atoms with Crippen LogP contribution in [-0.4, -0.2) is 70.9 Å². The highest BCUT2D eigenvalue weighted by molar-refractivity contribution is 6.26. The maximum atomic E-state index is 15.5. The fraction of sp³-hybridized carbons (Fsp3) is 0.766. The average molecular weight is 780 g/mol. The molecule has 13 atom stereocenters. The fourth-order valence-electron chi connectivity index (χ4n) is 12.2. The number of methoxy groups -OCH3 is 1. The topological polar surface area (TPSA) is 135 Å². The predicted octanol–water partition coefficient (Wildman–Crippen LogP) is 9.24. The molecule has 0 aromatic heterocycles. The van der Waals surface area contributed by atoms with Crippen LogP contribution in [0.2, 0.25) is 0 Å². The lowest BCUT2D eigenvalue weighted by molar-refractivity contribution is -0.166. The van der Waals surface area contributed by atoms with Gasteiger partial charge in [0.2, 0.25) is 5.78 Å². The van der Waals surface area contributed by atoms with Gasteiger partial charge in [-0.3, -0.25) is 4.79 Å². The number of aliphatic hydroxyl groups excluding tert-OH is 3. The number of hydrogen-bond acceptors (Lipinski definition) is 9. The minimum atomic E-state index is -1.47. The summed E-state index contributed by atoms with van der Waals surface area (Å²) in [4.78, 5) is 35.9. The molecule has 2 fully saturated rings. The lowest BCUT2D eigenvalue weighted by Gasteiger charge is -2.57. The lowest BCUT2D eigenvalue weighted by atomic mass is 9.46. The first-order chi connectivity index (χ1) is 26.5. The first-order valence-corrected chi connectivity index (χ1v) is 21.8. The van der Waals surface area contributed by atoms with Crippen molar-refractivity contribution in [2.24, 2.45) is 63.3 Å². The number of unbranched alkanes of at least 4 members (excludes halogenated alkanes) is 1. The number of hydrogen-bond donors (Lipinski definition) is 3. The van der Waals surface area contributed by atoms with Crippen LogP contribution in [0.25, 0.3) is 0 Å². The molecule has 314 valence electrons. The first-order valence-electron chi connectivity index (χ1n) is 21.8. The van der Waals surface area contributed by atoms with E-state index in [1.807, 2.05) is 13.8 Å². The molecule has 0 amide bonds. The average Bonchev–Trinajstić information content (AvgIpc) is 3.41. The van der Waals surface area contributed by atoms with E-state index in [1.165, 1.54) is 0 Å². The van der Waals surface area contributed by atoms with E-state index in [4.69, 9.17) is 14.3 Å². The summed E-state index contributed by atoms with van der Waals surface area (Å²) in [7, 11) is 1.77. The Labute approximate surface area is 337 Å². The Kier molecular flexibility index (Phi) is 14.0. The number of aliphatic hydroxyl groups is 3. The Hall–Kier alpha value is -2.75. The van der Waals surface area contributed by atoms with Gasteiger partial charge in [-0.25, -0.2) is 4.79 Å². The molecule has 5 rings (SSSR count). The third-order valence-electron chi connectivity index (χ3n) is 15.2. The van der Waals surface area contributed by atoms with E-state index in [0.717, 1.165) is 42.4 Å². The molecule has 4 aliphatic carbocycles. The number of nitrogens with zero attached hydrogens (tertiary/aromatic N) is 1. The van der Waals surface area contributed by atoms with Gasteiger partial charge in [0, 0.05) is 61.1 Å². The van der Waals surface area contributed by atoms with Crippen LogP contribution in [0, 0.1) is 58.2 Å². The van der Waals surface area contributed by atoms with Crippen molar-refractivity contribution in [3.8, 4) is 0 Å². The molecule has 1 aliphatic heterocycles. The molecule has 9 nitrogen and oxygen atoms in total. The highest BCUT2D eigenvalue weighted by Gasteiger charge is 2.67. The molecule has 1 saturated carbocycles. The molecular weight excluding hydrogens is 707 g/mol. The van der Waals surface area contributed by atoms with Crippen molar-refractivity contribution >= 4 is 17.5 Å². The number of allylic oxidation sites excluding steroid dienone is 4. The zero-order valence-corrected chi connectivity index (χ0v) is 36.3. The zero-order chi connectivity index (χ0) is 41.3. The van der Waals surface area contributed by atoms with Crippen molar-refractivity contribution in [2.45, 2.75) is 151 Å². The Morgan fingerprint density at radius 3 is 2.38 bits per heavy atom. The van der Waals surface area contributed by atoms with Gasteiger partial charge in [0.05, 0.1) is 17.9 Å². The standard InChI is InChI=1S/C47H73NO8/c1-12-15-19-55-48-36-23-37(50)35-21-28(5)39-34(13-2)22-33(26-49)20-29(6)41(54-11)27(4)17-16-18-45(10)24-30(7)31(8)25-47(45)43(52)38(44(53)56-47)42(51)46(39,14-3)40(35)32(36)9/h21-22,24,27,29,31-33,35,37,39-41,49-51H,12-20,23,25-26H2,1-11H3/b34-22+,42-38+,48-36+/t27-,29-,31-,32?,33?,35?,37+,39+,40?,41-,45-,46?,47?/m1/s1. The molecule has 1 spiro atoms. The van der Waals surface area contributed by atoms with E-state index in [0.29, 0.717) is 50.8 Å². The Balaban J connectivity index is 1.84. The normalized spacial score (nSPS) is 44.0. The minimum Gasteiger partial charge on any atom is -0.511 e. The summed E-state index contributed by atoms with van der Waals surface area (Å²) in [6.07, 6.45) is 12.1. The molecule has 0 aromatic rings. The van der Waals surface area contributed by atoms with Crippen molar-refractivity contribution in [3.63, 3.8) is 0 Å². The van der Waals surface area contributed by atoms with Crippen LogP contribution < -0.4 is 0 Å². The van der Waals surface area contributed by atoms with Crippen molar-refractivity contribution in [2.75, 3.05) is 20.3 Å². The number of carbonyl (C=O) groups excluding carboxylic acids is 2. The number of ketones is 1. The van der Waals surface area contributed by atoms with E-state index in [9.17, 15) is 20.1 Å². The highest BCUT2D eigenvalue weighted by Crippen LogP contribution is 2.63. The molecule has 56 heavy (non-hydrogen) atoms. The van der Waals surface area contributed by atoms with Crippen LogP contribution in [-0.2, 0) is 23.9 Å². The molecule has 6 unspecified atom stereocenters. The molecule has 9 heteroatoms. The Bertz CT molecular complexity index is 1620. The monoisotopic (exact) mass is 780 g/mol. The van der Waals surface area contributed by atoms with Gasteiger partial charge in [-0.05, 0) is 76.0 Å². The second kappa shape index (κ2) is 17.6. The highest BCUT2D eigenvalue weighted by atomic mass is 16.6. The maximum Gasteiger partial charge on any atom is 0.346 e. The number of esters is 1. The third kappa shape index (κ3) is 7.51. The van der Waals surface area contributed by atoms with E-state index < -0.39 is 46.1 Å². The van der Waals surface area contributed by atoms with Crippen LogP contribution in [0.15, 0.2) is 51.4 Å². The molecule has 3 N–H and O–H groups in total. The van der Waals surface area contributed by atoms with Crippen molar-refractivity contribution in [3.05, 3.63) is 46.3 Å². The summed E-state index contributed by atoms with van der Waals surface area (Å²) in [5, 5.41) is 40.7. The number of Topliss-reactive ketones (excluding diaryl/α,β-unsaturated/α-hetero) is 1. The molecule has 1 heterocycles. The lowest BCUT2D eigenvalue weighted by Crippen LogP contribution is -2.57. The summed E-state index contributed by atoms with van der Waals surface area (Å²) in [6.45, 7) is 21.4. The van der Waals surface area contributed by atoms with Crippen LogP contribution in [0.1, 0.15) is 133 Å². The SMILES string of the molecule is CCCCO/N=C1\C[C@H](O)C2C=C(C)[C@H]3/C(CC)=C/C(CO)C[C@@H](C)[C@H](OC)[C@H](C)CCC[C@]4(C)C=C(C)[C@H](C)CC45OC(=O)/C(=C(/O)C3(CC)C2C1C)C5=O. The number of ether oxygens (including phenoxy) is 2. The number of carbonyl (C=O) groups is 2. The molecule has 0 aromatic carbocycles. The van der Waals surface area contributed by atoms with Gasteiger partial charge < -0.3 is 29.6 Å². The summed E-state index contributed by atoms with van der Waals surface area (Å²) < 4.78 is 12.7. The van der Waals surface area contributed by atoms with E-state index in [1.54, 1.807) is 7.11 Å². The third-order valence-corrected chi connectivity index (χ3v) is 15.2. The van der Waals surface area contributed by atoms with Crippen molar-refractivity contribution < 1.29 is 39.2 Å². The number of rotatable bonds is 8. The largest absolute Gasteiger partial charge is 0.511 e. The molecule has 1 saturated heterocycles. The molecule has 2 bridgehead atoms. The Morgan fingerprint density at radius 1 is 1.04 bits per heavy atom. The first kappa shape index (κ1) is 44.4. The van der Waals surface area contributed by atoms with E-state index in [-0.39, 0.29) is 59.6 Å². The van der Waals surface area contributed by atoms with Gasteiger partial charge in [0.25, 0.3) is 0 Å². The summed E-state index contributed by atoms with van der Waals surface area (Å²) >= 11 is 0.